The Kier molecular flexibility index (Phi) is 16.0. The molecule has 0 aliphatic rings. The number of halogens is 1. The van der Waals surface area contributed by atoms with Gasteiger partial charge in [0.15, 0.2) is 0 Å². The van der Waals surface area contributed by atoms with Crippen LogP contribution in [0, 0.1) is 18.8 Å². The number of amides is 2. The third kappa shape index (κ3) is 10.5. The molecule has 0 spiro atoms. The number of H-pyrrole nitrogens is 1. The number of azo groups is 1. The van der Waals surface area contributed by atoms with Gasteiger partial charge in [-0.1, -0.05) is 90.0 Å². The van der Waals surface area contributed by atoms with Gasteiger partial charge in [0, 0.05) is 25.2 Å². The first-order valence-corrected chi connectivity index (χ1v) is 17.3. The molecule has 8 nitrogen and oxygen atoms in total. The molecule has 0 saturated heterocycles. The number of aromatic amines is 1. The van der Waals surface area contributed by atoms with Crippen molar-refractivity contribution in [3.63, 3.8) is 0 Å². The number of nitrogens with zero attached hydrogens (tertiary/aromatic N) is 4. The quantitative estimate of drug-likeness (QED) is 0.129. The number of nitrogens with one attached hydrogen (secondary N) is 1. The predicted molar refractivity (Wildman–Crippen MR) is 186 cm³/mol. The number of carbonyl (C=O) groups excluding carboxylic acids is 2. The van der Waals surface area contributed by atoms with Crippen LogP contribution in [0.1, 0.15) is 133 Å². The number of carbonyl (C=O) groups is 2. The van der Waals surface area contributed by atoms with Gasteiger partial charge in [-0.2, -0.15) is 0 Å². The van der Waals surface area contributed by atoms with Gasteiger partial charge in [-0.15, -0.1) is 10.2 Å². The standard InChI is InChI=1S/C36H56ClN5O3/c1-10-14-18-27(12-3)22-41(23-28(13-4)19-15-11-2)35(44)29-20-16-17-21-30(29)39-40-32-26(9)31(34(43)38-33(32)37)36(45)42(24(5)6)25(7)8/h16-17,20-21,24-25,27-28H,10-15,18-19,22-23H2,1-9H3,(H,38,43)/b40-39+. The van der Waals surface area contributed by atoms with Crippen LogP contribution in [0.5, 0.6) is 0 Å². The Morgan fingerprint density at radius 3 is 1.87 bits per heavy atom. The second kappa shape index (κ2) is 18.8. The van der Waals surface area contributed by atoms with Crippen molar-refractivity contribution < 1.29 is 9.59 Å². The lowest BCUT2D eigenvalue weighted by Crippen LogP contribution is -2.44. The fourth-order valence-corrected chi connectivity index (χ4v) is 6.23. The minimum Gasteiger partial charge on any atom is -0.338 e. The van der Waals surface area contributed by atoms with E-state index in [1.54, 1.807) is 24.0 Å². The molecule has 0 fully saturated rings. The van der Waals surface area contributed by atoms with E-state index in [4.69, 9.17) is 11.6 Å². The average molecular weight is 642 g/mol. The van der Waals surface area contributed by atoms with Gasteiger partial charge in [0.05, 0.1) is 11.3 Å². The zero-order valence-electron chi connectivity index (χ0n) is 29.1. The molecule has 0 radical (unpaired) electrons. The molecule has 2 aromatic rings. The van der Waals surface area contributed by atoms with Crippen molar-refractivity contribution in [2.75, 3.05) is 13.1 Å². The molecule has 0 aliphatic carbocycles. The first-order chi connectivity index (χ1) is 21.4. The summed E-state index contributed by atoms with van der Waals surface area (Å²) in [7, 11) is 0. The van der Waals surface area contributed by atoms with Gasteiger partial charge in [-0.3, -0.25) is 14.4 Å². The van der Waals surface area contributed by atoms with E-state index in [2.05, 4.69) is 42.9 Å². The molecule has 0 saturated carbocycles. The van der Waals surface area contributed by atoms with Gasteiger partial charge in [-0.05, 0) is 77.0 Å². The highest BCUT2D eigenvalue weighted by atomic mass is 35.5. The molecule has 45 heavy (non-hydrogen) atoms. The lowest BCUT2D eigenvalue weighted by atomic mass is 9.95. The van der Waals surface area contributed by atoms with E-state index in [-0.39, 0.29) is 40.3 Å². The van der Waals surface area contributed by atoms with Crippen molar-refractivity contribution >= 4 is 34.8 Å². The molecule has 9 heteroatoms. The van der Waals surface area contributed by atoms with Gasteiger partial charge in [0.2, 0.25) is 0 Å². The van der Waals surface area contributed by atoms with Crippen LogP contribution in [0.4, 0.5) is 11.4 Å². The van der Waals surface area contributed by atoms with Crippen LogP contribution >= 0.6 is 11.6 Å². The molecule has 2 amide bonds. The highest BCUT2D eigenvalue weighted by Gasteiger charge is 2.28. The lowest BCUT2D eigenvalue weighted by Gasteiger charge is -2.31. The highest BCUT2D eigenvalue weighted by molar-refractivity contribution is 6.32. The van der Waals surface area contributed by atoms with E-state index in [1.807, 2.05) is 44.7 Å². The van der Waals surface area contributed by atoms with Gasteiger partial charge in [0.1, 0.15) is 16.4 Å². The van der Waals surface area contributed by atoms with Crippen LogP contribution in [0.25, 0.3) is 0 Å². The van der Waals surface area contributed by atoms with E-state index in [1.165, 1.54) is 0 Å². The summed E-state index contributed by atoms with van der Waals surface area (Å²) < 4.78 is 0. The van der Waals surface area contributed by atoms with Crippen LogP contribution in [-0.2, 0) is 0 Å². The Labute approximate surface area is 276 Å². The molecular weight excluding hydrogens is 586 g/mol. The minimum absolute atomic E-state index is 0.00713. The van der Waals surface area contributed by atoms with Gasteiger partial charge in [0.25, 0.3) is 17.4 Å². The zero-order valence-corrected chi connectivity index (χ0v) is 29.8. The Morgan fingerprint density at radius 2 is 1.38 bits per heavy atom. The normalized spacial score (nSPS) is 13.1. The number of unbranched alkanes of at least 4 members (excludes halogenated alkanes) is 2. The zero-order chi connectivity index (χ0) is 33.7. The molecule has 1 N–H and O–H groups in total. The Hall–Kier alpha value is -3.00. The summed E-state index contributed by atoms with van der Waals surface area (Å²) in [5.41, 5.74) is 0.844. The summed E-state index contributed by atoms with van der Waals surface area (Å²) in [6.45, 7) is 19.5. The molecule has 0 bridgehead atoms. The lowest BCUT2D eigenvalue weighted by molar-refractivity contribution is 0.0639. The van der Waals surface area contributed by atoms with E-state index in [9.17, 15) is 14.4 Å². The van der Waals surface area contributed by atoms with Crippen LogP contribution in [-0.4, -0.2) is 51.8 Å². The van der Waals surface area contributed by atoms with Crippen molar-refractivity contribution in [3.05, 3.63) is 56.5 Å². The summed E-state index contributed by atoms with van der Waals surface area (Å²) in [6.07, 6.45) is 8.80. The summed E-state index contributed by atoms with van der Waals surface area (Å²) in [5, 5.41) is 8.91. The molecule has 1 aromatic carbocycles. The number of pyridine rings is 1. The van der Waals surface area contributed by atoms with E-state index in [0.29, 0.717) is 41.7 Å². The third-order valence-electron chi connectivity index (χ3n) is 8.67. The van der Waals surface area contributed by atoms with Gasteiger partial charge < -0.3 is 14.8 Å². The summed E-state index contributed by atoms with van der Waals surface area (Å²) >= 11 is 6.46. The van der Waals surface area contributed by atoms with Crippen LogP contribution in [0.15, 0.2) is 39.3 Å². The topological polar surface area (TPSA) is 98.2 Å². The van der Waals surface area contributed by atoms with Crippen LogP contribution in [0.2, 0.25) is 5.15 Å². The summed E-state index contributed by atoms with van der Waals surface area (Å²) in [6, 6.07) is 7.00. The second-order valence-electron chi connectivity index (χ2n) is 12.8. The van der Waals surface area contributed by atoms with Gasteiger partial charge in [-0.25, -0.2) is 0 Å². The van der Waals surface area contributed by atoms with Gasteiger partial charge >= 0.3 is 0 Å². The second-order valence-corrected chi connectivity index (χ2v) is 13.2. The highest BCUT2D eigenvalue weighted by Crippen LogP contribution is 2.32. The van der Waals surface area contributed by atoms with Crippen molar-refractivity contribution in [2.45, 2.75) is 126 Å². The summed E-state index contributed by atoms with van der Waals surface area (Å²) in [4.78, 5) is 47.0. The first kappa shape index (κ1) is 38.2. The van der Waals surface area contributed by atoms with Crippen molar-refractivity contribution in [1.82, 2.24) is 14.8 Å². The monoisotopic (exact) mass is 641 g/mol. The van der Waals surface area contributed by atoms with Crippen molar-refractivity contribution in [1.29, 1.82) is 0 Å². The molecule has 0 aliphatic heterocycles. The number of hydrogen-bond acceptors (Lipinski definition) is 5. The average Bonchev–Trinajstić information content (AvgIpc) is 2.99. The maximum atomic E-state index is 14.3. The van der Waals surface area contributed by atoms with Crippen LogP contribution < -0.4 is 5.56 Å². The third-order valence-corrected chi connectivity index (χ3v) is 8.95. The van der Waals surface area contributed by atoms with E-state index < -0.39 is 5.56 Å². The number of aromatic nitrogens is 1. The Morgan fingerprint density at radius 1 is 0.844 bits per heavy atom. The fourth-order valence-electron chi connectivity index (χ4n) is 5.96. The number of benzene rings is 1. The Bertz CT molecular complexity index is 1310. The molecular formula is C36H56ClN5O3. The maximum absolute atomic E-state index is 14.3. The van der Waals surface area contributed by atoms with Crippen molar-refractivity contribution in [2.24, 2.45) is 22.1 Å². The molecule has 2 rings (SSSR count). The first-order valence-electron chi connectivity index (χ1n) is 17.0. The molecule has 2 atom stereocenters. The predicted octanol–water partition coefficient (Wildman–Crippen LogP) is 9.89. The van der Waals surface area contributed by atoms with E-state index in [0.717, 1.165) is 51.4 Å². The smallest absolute Gasteiger partial charge is 0.262 e. The molecule has 250 valence electrons. The number of hydrogen-bond donors (Lipinski definition) is 1. The fraction of sp³-hybridized carbons (Fsp3) is 0.639. The SMILES string of the molecule is CCCCC(CC)CN(CC(CC)CCCC)C(=O)c1ccccc1/N=N/c1c(Cl)[nH]c(=O)c(C(=O)N(C(C)C)C(C)C)c1C. The number of rotatable bonds is 18. The van der Waals surface area contributed by atoms with E-state index >= 15 is 0 Å². The summed E-state index contributed by atoms with van der Waals surface area (Å²) in [5.74, 6) is 0.418. The molecule has 1 aromatic heterocycles. The van der Waals surface area contributed by atoms with Crippen LogP contribution in [0.3, 0.4) is 0 Å². The van der Waals surface area contributed by atoms with Crippen molar-refractivity contribution in [3.8, 4) is 0 Å². The molecule has 2 unspecified atom stereocenters. The molecule has 1 heterocycles. The Balaban J connectivity index is 2.55. The maximum Gasteiger partial charge on any atom is 0.262 e. The largest absolute Gasteiger partial charge is 0.338 e. The minimum atomic E-state index is -0.568.